The summed E-state index contributed by atoms with van der Waals surface area (Å²) >= 11 is 2.54. The number of hydrogen-bond acceptors (Lipinski definition) is 7. The van der Waals surface area contributed by atoms with Gasteiger partial charge in [0, 0.05) is 5.69 Å². The van der Waals surface area contributed by atoms with Gasteiger partial charge in [-0.3, -0.25) is 4.79 Å². The third-order valence-electron chi connectivity index (χ3n) is 2.73. The molecule has 0 spiro atoms. The van der Waals surface area contributed by atoms with Crippen molar-refractivity contribution in [2.24, 2.45) is 0 Å². The number of carbonyl (C=O) groups excluding carboxylic acids is 1. The predicted octanol–water partition coefficient (Wildman–Crippen LogP) is 2.33. The highest BCUT2D eigenvalue weighted by Crippen LogP contribution is 2.29. The average Bonchev–Trinajstić information content (AvgIpc) is 2.90. The van der Waals surface area contributed by atoms with E-state index in [1.54, 1.807) is 12.1 Å². The van der Waals surface area contributed by atoms with Gasteiger partial charge >= 0.3 is 5.97 Å². The summed E-state index contributed by atoms with van der Waals surface area (Å²) < 4.78 is 0.640. The molecule has 9 heteroatoms. The highest BCUT2D eigenvalue weighted by Gasteiger charge is 2.20. The minimum atomic E-state index is -1.01. The number of nitrogens with two attached hydrogens (primary N) is 1. The highest BCUT2D eigenvalue weighted by molar-refractivity contribution is 8.02. The van der Waals surface area contributed by atoms with E-state index in [0.29, 0.717) is 21.6 Å². The van der Waals surface area contributed by atoms with Crippen LogP contribution in [0.15, 0.2) is 28.6 Å². The molecule has 0 aliphatic heterocycles. The number of carbonyl (C=O) groups is 2. The molecular weight excluding hydrogens is 324 g/mol. The molecule has 0 saturated heterocycles. The molecule has 7 nitrogen and oxygen atoms in total. The van der Waals surface area contributed by atoms with Gasteiger partial charge < -0.3 is 16.2 Å². The zero-order valence-corrected chi connectivity index (χ0v) is 13.3. The first-order valence-electron chi connectivity index (χ1n) is 6.39. The first-order valence-corrected chi connectivity index (χ1v) is 8.09. The van der Waals surface area contributed by atoms with Crippen molar-refractivity contribution < 1.29 is 14.7 Å². The zero-order chi connectivity index (χ0) is 16.1. The maximum Gasteiger partial charge on any atom is 0.335 e. The predicted molar refractivity (Wildman–Crippen MR) is 86.3 cm³/mol. The number of aromatic nitrogens is 2. The number of hydrogen-bond donors (Lipinski definition) is 3. The van der Waals surface area contributed by atoms with Gasteiger partial charge in [-0.25, -0.2) is 4.79 Å². The topological polar surface area (TPSA) is 118 Å². The summed E-state index contributed by atoms with van der Waals surface area (Å²) in [6.45, 7) is 1.90. The molecule has 1 aromatic carbocycles. The summed E-state index contributed by atoms with van der Waals surface area (Å²) in [6, 6.07) is 6.00. The van der Waals surface area contributed by atoms with Gasteiger partial charge in [0.15, 0.2) is 4.34 Å². The number of nitrogen functional groups attached to an aromatic ring is 1. The van der Waals surface area contributed by atoms with E-state index in [1.807, 2.05) is 6.92 Å². The Labute approximate surface area is 134 Å². The lowest BCUT2D eigenvalue weighted by Gasteiger charge is -2.13. The van der Waals surface area contributed by atoms with Crippen molar-refractivity contribution >= 4 is 45.8 Å². The fraction of sp³-hybridized carbons (Fsp3) is 0.231. The van der Waals surface area contributed by atoms with Gasteiger partial charge in [0.25, 0.3) is 0 Å². The molecule has 0 fully saturated rings. The van der Waals surface area contributed by atoms with E-state index in [2.05, 4.69) is 15.5 Å². The Morgan fingerprint density at radius 3 is 2.55 bits per heavy atom. The highest BCUT2D eigenvalue weighted by atomic mass is 32.2. The summed E-state index contributed by atoms with van der Waals surface area (Å²) in [5, 5.41) is 19.2. The van der Waals surface area contributed by atoms with Gasteiger partial charge in [-0.1, -0.05) is 30.0 Å². The molecule has 0 aliphatic rings. The zero-order valence-electron chi connectivity index (χ0n) is 11.6. The molecule has 1 heterocycles. The second-order valence-electron chi connectivity index (χ2n) is 4.29. The Bertz CT molecular complexity index is 672. The molecule has 0 radical (unpaired) electrons. The molecule has 0 bridgehead atoms. The minimum Gasteiger partial charge on any atom is -0.478 e. The standard InChI is InChI=1S/C13H14N4O3S2/c1-2-9(21-13-17-16-12(14)22-13)10(18)15-8-5-3-7(4-6-8)11(19)20/h3-6,9H,2H2,1H3,(H2,14,16)(H,15,18)(H,19,20). The largest absolute Gasteiger partial charge is 0.478 e. The Hall–Kier alpha value is -2.13. The molecule has 1 aromatic heterocycles. The van der Waals surface area contributed by atoms with Gasteiger partial charge in [0.1, 0.15) is 0 Å². The monoisotopic (exact) mass is 338 g/mol. The van der Waals surface area contributed by atoms with Crippen LogP contribution in [0.5, 0.6) is 0 Å². The summed E-state index contributed by atoms with van der Waals surface area (Å²) in [4.78, 5) is 23.0. The van der Waals surface area contributed by atoms with Crippen LogP contribution in [0.1, 0.15) is 23.7 Å². The molecule has 2 aromatic rings. The SMILES string of the molecule is CCC(Sc1nnc(N)s1)C(=O)Nc1ccc(C(=O)O)cc1. The second kappa shape index (κ2) is 7.23. The van der Waals surface area contributed by atoms with E-state index in [1.165, 1.54) is 35.2 Å². The normalized spacial score (nSPS) is 11.9. The quantitative estimate of drug-likeness (QED) is 0.692. The van der Waals surface area contributed by atoms with Crippen molar-refractivity contribution in [2.45, 2.75) is 22.9 Å². The van der Waals surface area contributed by atoms with Crippen molar-refractivity contribution in [1.82, 2.24) is 10.2 Å². The van der Waals surface area contributed by atoms with Crippen molar-refractivity contribution in [3.63, 3.8) is 0 Å². The van der Waals surface area contributed by atoms with Crippen LogP contribution in [0, 0.1) is 0 Å². The second-order valence-corrected chi connectivity index (χ2v) is 6.75. The van der Waals surface area contributed by atoms with Crippen molar-refractivity contribution in [3.05, 3.63) is 29.8 Å². The molecule has 0 saturated carbocycles. The summed E-state index contributed by atoms with van der Waals surface area (Å²) in [6.07, 6.45) is 0.614. The number of nitrogens with zero attached hydrogens (tertiary/aromatic N) is 2. The Morgan fingerprint density at radius 1 is 1.36 bits per heavy atom. The fourth-order valence-electron chi connectivity index (χ4n) is 1.63. The number of thioether (sulfide) groups is 1. The van der Waals surface area contributed by atoms with Gasteiger partial charge in [-0.2, -0.15) is 0 Å². The number of carboxylic acids is 1. The van der Waals surface area contributed by atoms with Crippen LogP contribution in [0.4, 0.5) is 10.8 Å². The molecule has 22 heavy (non-hydrogen) atoms. The molecule has 2 rings (SSSR count). The maximum atomic E-state index is 12.3. The summed E-state index contributed by atoms with van der Waals surface area (Å²) in [5.74, 6) is -1.18. The first kappa shape index (κ1) is 16.2. The molecular formula is C13H14N4O3S2. The molecule has 0 aliphatic carbocycles. The summed E-state index contributed by atoms with van der Waals surface area (Å²) in [7, 11) is 0. The van der Waals surface area contributed by atoms with E-state index in [0.717, 1.165) is 0 Å². The lowest BCUT2D eigenvalue weighted by Crippen LogP contribution is -2.24. The van der Waals surface area contributed by atoms with Gasteiger partial charge in [-0.15, -0.1) is 10.2 Å². The first-order chi connectivity index (χ1) is 10.5. The Morgan fingerprint density at radius 2 is 2.05 bits per heavy atom. The summed E-state index contributed by atoms with van der Waals surface area (Å²) in [5.41, 5.74) is 6.23. The van der Waals surface area contributed by atoms with Crippen molar-refractivity contribution in [3.8, 4) is 0 Å². The number of anilines is 2. The number of benzene rings is 1. The van der Waals surface area contributed by atoms with Crippen LogP contribution >= 0.6 is 23.1 Å². The van der Waals surface area contributed by atoms with Crippen LogP contribution in [0.3, 0.4) is 0 Å². The molecule has 1 atom stereocenters. The van der Waals surface area contributed by atoms with Gasteiger partial charge in [0.2, 0.25) is 11.0 Å². The molecule has 1 amide bonds. The number of carboxylic acid groups (broad SMARTS) is 1. The molecule has 1 unspecified atom stereocenters. The number of rotatable bonds is 6. The van der Waals surface area contributed by atoms with Crippen molar-refractivity contribution in [1.29, 1.82) is 0 Å². The van der Waals surface area contributed by atoms with E-state index < -0.39 is 5.97 Å². The van der Waals surface area contributed by atoms with Crippen molar-refractivity contribution in [2.75, 3.05) is 11.1 Å². The number of aromatic carboxylic acids is 1. The average molecular weight is 338 g/mol. The number of nitrogens with one attached hydrogen (secondary N) is 1. The van der Waals surface area contributed by atoms with E-state index >= 15 is 0 Å². The number of amides is 1. The third kappa shape index (κ3) is 4.18. The van der Waals surface area contributed by atoms with Crippen LogP contribution < -0.4 is 11.1 Å². The minimum absolute atomic E-state index is 0.170. The fourth-order valence-corrected chi connectivity index (χ4v) is 3.43. The van der Waals surface area contributed by atoms with Gasteiger partial charge in [-0.05, 0) is 30.7 Å². The smallest absolute Gasteiger partial charge is 0.335 e. The Balaban J connectivity index is 2.00. The van der Waals surface area contributed by atoms with E-state index in [9.17, 15) is 9.59 Å². The van der Waals surface area contributed by atoms with E-state index in [4.69, 9.17) is 10.8 Å². The lowest BCUT2D eigenvalue weighted by atomic mass is 10.2. The molecule has 116 valence electrons. The van der Waals surface area contributed by atoms with E-state index in [-0.39, 0.29) is 16.7 Å². The van der Waals surface area contributed by atoms with Crippen LogP contribution in [-0.4, -0.2) is 32.4 Å². The van der Waals surface area contributed by atoms with Crippen LogP contribution in [0.2, 0.25) is 0 Å². The van der Waals surface area contributed by atoms with Crippen LogP contribution in [-0.2, 0) is 4.79 Å². The Kier molecular flexibility index (Phi) is 5.34. The lowest BCUT2D eigenvalue weighted by molar-refractivity contribution is -0.115. The maximum absolute atomic E-state index is 12.3. The third-order valence-corrected chi connectivity index (χ3v) is 4.93. The van der Waals surface area contributed by atoms with Crippen LogP contribution in [0.25, 0.3) is 0 Å². The van der Waals surface area contributed by atoms with Gasteiger partial charge in [0.05, 0.1) is 10.8 Å². The molecule has 4 N–H and O–H groups in total.